The van der Waals surface area contributed by atoms with Gasteiger partial charge in [0.15, 0.2) is 5.65 Å². The average Bonchev–Trinajstić information content (AvgIpc) is 3.18. The van der Waals surface area contributed by atoms with E-state index in [1.54, 1.807) is 20.0 Å². The highest BCUT2D eigenvalue weighted by Gasteiger charge is 2.32. The predicted molar refractivity (Wildman–Crippen MR) is 113 cm³/mol. The predicted octanol–water partition coefficient (Wildman–Crippen LogP) is 1.15. The first kappa shape index (κ1) is 20.5. The maximum Gasteiger partial charge on any atom is 0.332 e. The van der Waals surface area contributed by atoms with Crippen LogP contribution in [0.25, 0.3) is 11.2 Å². The zero-order chi connectivity index (χ0) is 21.8. The fourth-order valence-electron chi connectivity index (χ4n) is 4.03. The molecule has 160 valence electrons. The normalized spacial score (nSPS) is 16.4. The third kappa shape index (κ3) is 3.20. The fraction of sp³-hybridized carbons (Fsp3) is 0.450. The van der Waals surface area contributed by atoms with E-state index in [4.69, 9.17) is 0 Å². The van der Waals surface area contributed by atoms with Crippen molar-refractivity contribution in [3.8, 4) is 0 Å². The summed E-state index contributed by atoms with van der Waals surface area (Å²) in [4.78, 5) is 32.4. The maximum atomic E-state index is 13.1. The first-order chi connectivity index (χ1) is 14.1. The molecule has 3 aromatic rings. The zero-order valence-electron chi connectivity index (χ0n) is 17.5. The molecule has 1 aliphatic rings. The summed E-state index contributed by atoms with van der Waals surface area (Å²) >= 11 is 0. The van der Waals surface area contributed by atoms with Gasteiger partial charge in [-0.1, -0.05) is 12.1 Å². The molecule has 1 saturated heterocycles. The number of aromatic nitrogens is 4. The van der Waals surface area contributed by atoms with Crippen molar-refractivity contribution in [2.45, 2.75) is 37.5 Å². The minimum Gasteiger partial charge on any atom is -0.336 e. The van der Waals surface area contributed by atoms with Gasteiger partial charge in [0.25, 0.3) is 5.56 Å². The van der Waals surface area contributed by atoms with E-state index in [0.29, 0.717) is 47.8 Å². The highest BCUT2D eigenvalue weighted by Crippen LogP contribution is 2.31. The number of sulfonamides is 1. The molecule has 1 fully saturated rings. The second-order valence-electron chi connectivity index (χ2n) is 7.97. The lowest BCUT2D eigenvalue weighted by Crippen LogP contribution is -2.38. The van der Waals surface area contributed by atoms with Crippen molar-refractivity contribution in [1.29, 1.82) is 0 Å². The molecule has 4 rings (SSSR count). The van der Waals surface area contributed by atoms with Crippen molar-refractivity contribution >= 4 is 21.2 Å². The lowest BCUT2D eigenvalue weighted by molar-refractivity contribution is 0.314. The summed E-state index contributed by atoms with van der Waals surface area (Å²) in [5.41, 5.74) is 1.41. The molecule has 0 bridgehead atoms. The molecular formula is C20H25N5O4S. The number of H-pyrrole nitrogens is 1. The maximum absolute atomic E-state index is 13.1. The summed E-state index contributed by atoms with van der Waals surface area (Å²) in [5.74, 6) is 0.606. The van der Waals surface area contributed by atoms with Gasteiger partial charge < -0.3 is 4.98 Å². The van der Waals surface area contributed by atoms with Crippen LogP contribution < -0.4 is 11.2 Å². The van der Waals surface area contributed by atoms with Crippen LogP contribution in [0, 0.1) is 13.8 Å². The number of benzene rings is 1. The van der Waals surface area contributed by atoms with Crippen molar-refractivity contribution in [3.05, 3.63) is 56.0 Å². The van der Waals surface area contributed by atoms with Gasteiger partial charge in [0, 0.05) is 33.1 Å². The van der Waals surface area contributed by atoms with Gasteiger partial charge >= 0.3 is 5.69 Å². The summed E-state index contributed by atoms with van der Waals surface area (Å²) in [6, 6.07) is 5.44. The highest BCUT2D eigenvalue weighted by molar-refractivity contribution is 7.89. The van der Waals surface area contributed by atoms with Crippen LogP contribution in [-0.2, 0) is 24.1 Å². The van der Waals surface area contributed by atoms with Crippen molar-refractivity contribution in [2.24, 2.45) is 14.1 Å². The number of nitrogens with zero attached hydrogens (tertiary/aromatic N) is 4. The van der Waals surface area contributed by atoms with Gasteiger partial charge in [0.1, 0.15) is 11.3 Å². The van der Waals surface area contributed by atoms with Crippen molar-refractivity contribution in [1.82, 2.24) is 23.4 Å². The van der Waals surface area contributed by atoms with Crippen molar-refractivity contribution in [2.75, 3.05) is 13.1 Å². The lowest BCUT2D eigenvalue weighted by Gasteiger charge is -2.30. The number of piperidine rings is 1. The summed E-state index contributed by atoms with van der Waals surface area (Å²) < 4.78 is 30.2. The molecule has 0 amide bonds. The standard InChI is InChI=1S/C20H25N5O4S/c1-12-5-6-13(2)15(11-12)30(28,29)25-9-7-14(8-10-25)17-21-16-18(22-17)23(3)20(27)24(4)19(16)26/h5-6,11,14H,7-10H2,1-4H3,(H,21,22). The Bertz CT molecular complexity index is 1360. The summed E-state index contributed by atoms with van der Waals surface area (Å²) in [6.45, 7) is 4.42. The van der Waals surface area contributed by atoms with Gasteiger partial charge in [0.05, 0.1) is 4.90 Å². The van der Waals surface area contributed by atoms with Gasteiger partial charge in [-0.2, -0.15) is 4.31 Å². The monoisotopic (exact) mass is 431 g/mol. The molecular weight excluding hydrogens is 406 g/mol. The Hall–Kier alpha value is -2.72. The van der Waals surface area contributed by atoms with Crippen LogP contribution in [-0.4, -0.2) is 44.9 Å². The largest absolute Gasteiger partial charge is 0.336 e. The fourth-order valence-corrected chi connectivity index (χ4v) is 5.81. The number of rotatable bonds is 3. The molecule has 1 N–H and O–H groups in total. The van der Waals surface area contributed by atoms with E-state index in [2.05, 4.69) is 9.97 Å². The number of aryl methyl sites for hydroxylation is 3. The van der Waals surface area contributed by atoms with Gasteiger partial charge in [-0.3, -0.25) is 13.9 Å². The van der Waals surface area contributed by atoms with Crippen LogP contribution in [0.1, 0.15) is 35.7 Å². The van der Waals surface area contributed by atoms with E-state index in [9.17, 15) is 18.0 Å². The van der Waals surface area contributed by atoms with E-state index < -0.39 is 21.3 Å². The topological polar surface area (TPSA) is 110 Å². The first-order valence-electron chi connectivity index (χ1n) is 9.84. The smallest absolute Gasteiger partial charge is 0.332 e. The van der Waals surface area contributed by atoms with Gasteiger partial charge in [0.2, 0.25) is 10.0 Å². The zero-order valence-corrected chi connectivity index (χ0v) is 18.3. The Balaban J connectivity index is 1.60. The van der Waals surface area contributed by atoms with E-state index in [1.165, 1.54) is 15.9 Å². The van der Waals surface area contributed by atoms with Crippen LogP contribution in [0.2, 0.25) is 0 Å². The Morgan fingerprint density at radius 2 is 1.73 bits per heavy atom. The number of aromatic amines is 1. The van der Waals surface area contributed by atoms with Crippen LogP contribution in [0.3, 0.4) is 0 Å². The van der Waals surface area contributed by atoms with E-state index in [-0.39, 0.29) is 5.92 Å². The third-order valence-electron chi connectivity index (χ3n) is 5.92. The quantitative estimate of drug-likeness (QED) is 0.669. The molecule has 0 atom stereocenters. The SMILES string of the molecule is Cc1ccc(C)c(S(=O)(=O)N2CCC(c3nc4c([nH]3)c(=O)n(C)c(=O)n4C)CC2)c1. The van der Waals surface area contributed by atoms with Gasteiger partial charge in [-0.05, 0) is 43.9 Å². The molecule has 9 nitrogen and oxygen atoms in total. The Labute approximate surface area is 174 Å². The Morgan fingerprint density at radius 3 is 2.40 bits per heavy atom. The van der Waals surface area contributed by atoms with E-state index in [1.807, 2.05) is 19.1 Å². The first-order valence-corrected chi connectivity index (χ1v) is 11.3. The Kier molecular flexibility index (Phi) is 4.94. The van der Waals surface area contributed by atoms with Gasteiger partial charge in [-0.25, -0.2) is 18.2 Å². The number of hydrogen-bond donors (Lipinski definition) is 1. The van der Waals surface area contributed by atoms with Crippen LogP contribution >= 0.6 is 0 Å². The highest BCUT2D eigenvalue weighted by atomic mass is 32.2. The van der Waals surface area contributed by atoms with Crippen LogP contribution in [0.5, 0.6) is 0 Å². The van der Waals surface area contributed by atoms with Crippen LogP contribution in [0.4, 0.5) is 0 Å². The number of nitrogens with one attached hydrogen (secondary N) is 1. The molecule has 10 heteroatoms. The average molecular weight is 432 g/mol. The summed E-state index contributed by atoms with van der Waals surface area (Å²) in [5, 5.41) is 0. The summed E-state index contributed by atoms with van der Waals surface area (Å²) in [6.07, 6.45) is 1.16. The van der Waals surface area contributed by atoms with E-state index >= 15 is 0 Å². The molecule has 1 aliphatic heterocycles. The minimum atomic E-state index is -3.57. The molecule has 0 unspecified atom stereocenters. The molecule has 1 aromatic carbocycles. The Morgan fingerprint density at radius 1 is 1.07 bits per heavy atom. The lowest BCUT2D eigenvalue weighted by atomic mass is 9.97. The number of imidazole rings is 1. The molecule has 0 aliphatic carbocycles. The molecule has 0 spiro atoms. The molecule has 3 heterocycles. The second kappa shape index (κ2) is 7.21. The number of hydrogen-bond acceptors (Lipinski definition) is 5. The minimum absolute atomic E-state index is 0.0118. The molecule has 0 saturated carbocycles. The molecule has 30 heavy (non-hydrogen) atoms. The van der Waals surface area contributed by atoms with Crippen molar-refractivity contribution < 1.29 is 8.42 Å². The number of fused-ring (bicyclic) bond motifs is 1. The van der Waals surface area contributed by atoms with Crippen molar-refractivity contribution in [3.63, 3.8) is 0 Å². The third-order valence-corrected chi connectivity index (χ3v) is 7.96. The van der Waals surface area contributed by atoms with E-state index in [0.717, 1.165) is 15.7 Å². The summed E-state index contributed by atoms with van der Waals surface area (Å²) in [7, 11) is -0.557. The second-order valence-corrected chi connectivity index (χ2v) is 9.88. The van der Waals surface area contributed by atoms with Crippen LogP contribution in [0.15, 0.2) is 32.7 Å². The van der Waals surface area contributed by atoms with Gasteiger partial charge in [-0.15, -0.1) is 0 Å². The molecule has 2 aromatic heterocycles. The molecule has 0 radical (unpaired) electrons.